The summed E-state index contributed by atoms with van der Waals surface area (Å²) in [4.78, 5) is 37.0. The smallest absolute Gasteiger partial charge is 0.319 e. The second-order valence-corrected chi connectivity index (χ2v) is 8.20. The van der Waals surface area contributed by atoms with Crippen LogP contribution in [0.25, 0.3) is 0 Å². The van der Waals surface area contributed by atoms with E-state index in [1.54, 1.807) is 44.2 Å². The van der Waals surface area contributed by atoms with Gasteiger partial charge in [0.25, 0.3) is 5.56 Å². The number of benzene rings is 2. The molecule has 0 aliphatic carbocycles. The van der Waals surface area contributed by atoms with Crippen LogP contribution in [-0.4, -0.2) is 26.8 Å². The number of anilines is 1. The van der Waals surface area contributed by atoms with E-state index in [-0.39, 0.29) is 18.7 Å². The highest BCUT2D eigenvalue weighted by Crippen LogP contribution is 2.24. The highest BCUT2D eigenvalue weighted by molar-refractivity contribution is 5.91. The molecule has 1 heterocycles. The Hall–Kier alpha value is -4.14. The summed E-state index contributed by atoms with van der Waals surface area (Å²) in [6.45, 7) is 5.26. The van der Waals surface area contributed by atoms with Crippen molar-refractivity contribution in [2.45, 2.75) is 39.8 Å². The largest absolute Gasteiger partial charge is 0.505 e. The third kappa shape index (κ3) is 5.80. The first-order valence-corrected chi connectivity index (χ1v) is 10.6. The molecule has 178 valence electrons. The van der Waals surface area contributed by atoms with Crippen LogP contribution in [0, 0.1) is 26.6 Å². The van der Waals surface area contributed by atoms with Crippen molar-refractivity contribution in [1.29, 1.82) is 0 Å². The molecular formula is C25H26FN3O5. The number of halogens is 1. The van der Waals surface area contributed by atoms with Gasteiger partial charge in [-0.05, 0) is 49.6 Å². The molecule has 4 N–H and O–H groups in total. The molecule has 1 atom stereocenters. The van der Waals surface area contributed by atoms with E-state index in [9.17, 15) is 29.0 Å². The van der Waals surface area contributed by atoms with Gasteiger partial charge in [0.05, 0.1) is 19.0 Å². The van der Waals surface area contributed by atoms with Crippen molar-refractivity contribution in [1.82, 2.24) is 9.88 Å². The Labute approximate surface area is 195 Å². The fourth-order valence-corrected chi connectivity index (χ4v) is 3.55. The van der Waals surface area contributed by atoms with E-state index in [1.165, 1.54) is 22.9 Å². The summed E-state index contributed by atoms with van der Waals surface area (Å²) in [5.74, 6) is -1.96. The zero-order valence-electron chi connectivity index (χ0n) is 19.1. The molecule has 0 aliphatic rings. The average molecular weight is 467 g/mol. The van der Waals surface area contributed by atoms with Gasteiger partial charge < -0.3 is 25.4 Å². The van der Waals surface area contributed by atoms with Gasteiger partial charge in [0, 0.05) is 11.8 Å². The number of aliphatic carboxylic acids is 1. The first-order chi connectivity index (χ1) is 16.0. The maximum atomic E-state index is 13.7. The normalized spacial score (nSPS) is 11.6. The maximum Gasteiger partial charge on any atom is 0.319 e. The van der Waals surface area contributed by atoms with Crippen molar-refractivity contribution in [2.75, 3.05) is 5.32 Å². The van der Waals surface area contributed by atoms with Crippen molar-refractivity contribution in [3.8, 4) is 5.75 Å². The number of carboxylic acid groups (broad SMARTS) is 1. The van der Waals surface area contributed by atoms with Crippen LogP contribution in [0.3, 0.4) is 0 Å². The lowest BCUT2D eigenvalue weighted by Gasteiger charge is -2.19. The van der Waals surface area contributed by atoms with E-state index in [1.807, 2.05) is 6.92 Å². The van der Waals surface area contributed by atoms with Crippen molar-refractivity contribution < 1.29 is 24.2 Å². The number of carbonyl (C=O) groups is 2. The van der Waals surface area contributed by atoms with Crippen molar-refractivity contribution in [2.24, 2.45) is 0 Å². The van der Waals surface area contributed by atoms with Crippen LogP contribution in [-0.2, 0) is 11.3 Å². The van der Waals surface area contributed by atoms with E-state index in [0.717, 1.165) is 11.1 Å². The number of urea groups is 1. The second-order valence-electron chi connectivity index (χ2n) is 8.20. The molecular weight excluding hydrogens is 441 g/mol. The average Bonchev–Trinajstić information content (AvgIpc) is 2.77. The number of nitrogens with one attached hydrogen (secondary N) is 2. The summed E-state index contributed by atoms with van der Waals surface area (Å²) < 4.78 is 14.9. The second kappa shape index (κ2) is 10.2. The number of hydrogen-bond acceptors (Lipinski definition) is 4. The molecule has 1 aromatic heterocycles. The standard InChI is InChI=1S/C25H26FN3O5/c1-14-4-7-17(8-5-14)20(11-21(30)31)27-25(34)28-22-23(32)16(3)12-29(24(22)33)13-18-10-19(26)9-6-15(18)2/h4-10,12,20,32H,11,13H2,1-3H3,(H,30,31)(H2,27,28,34)/t20-/m0/s1. The molecule has 0 aliphatic heterocycles. The number of aromatic hydroxyl groups is 1. The number of nitrogens with zero attached hydrogens (tertiary/aromatic N) is 1. The molecule has 0 fully saturated rings. The third-order valence-electron chi connectivity index (χ3n) is 5.49. The van der Waals surface area contributed by atoms with Crippen LogP contribution in [0.5, 0.6) is 5.75 Å². The number of carboxylic acids is 1. The number of rotatable bonds is 7. The number of amides is 2. The Kier molecular flexibility index (Phi) is 7.35. The van der Waals surface area contributed by atoms with Crippen LogP contribution in [0.15, 0.2) is 53.5 Å². The van der Waals surface area contributed by atoms with E-state index in [2.05, 4.69) is 10.6 Å². The molecule has 0 unspecified atom stereocenters. The van der Waals surface area contributed by atoms with E-state index in [0.29, 0.717) is 16.7 Å². The van der Waals surface area contributed by atoms with Gasteiger partial charge in [-0.2, -0.15) is 0 Å². The molecule has 0 spiro atoms. The minimum atomic E-state index is -1.11. The lowest BCUT2D eigenvalue weighted by atomic mass is 10.0. The Bertz CT molecular complexity index is 1280. The zero-order chi connectivity index (χ0) is 25.0. The van der Waals surface area contributed by atoms with E-state index in [4.69, 9.17) is 0 Å². The fraction of sp³-hybridized carbons (Fsp3) is 0.240. The summed E-state index contributed by atoms with van der Waals surface area (Å²) >= 11 is 0. The minimum Gasteiger partial charge on any atom is -0.505 e. The monoisotopic (exact) mass is 467 g/mol. The zero-order valence-corrected chi connectivity index (χ0v) is 19.1. The van der Waals surface area contributed by atoms with Gasteiger partial charge in [-0.3, -0.25) is 9.59 Å². The van der Waals surface area contributed by atoms with E-state index < -0.39 is 35.2 Å². The predicted octanol–water partition coefficient (Wildman–Crippen LogP) is 4.00. The molecule has 8 nitrogen and oxygen atoms in total. The first kappa shape index (κ1) is 24.5. The van der Waals surface area contributed by atoms with Gasteiger partial charge >= 0.3 is 12.0 Å². The Morgan fingerprint density at radius 3 is 2.38 bits per heavy atom. The molecule has 34 heavy (non-hydrogen) atoms. The van der Waals surface area contributed by atoms with Gasteiger partial charge in [0.15, 0.2) is 5.69 Å². The maximum absolute atomic E-state index is 13.7. The fourth-order valence-electron chi connectivity index (χ4n) is 3.55. The molecule has 0 saturated heterocycles. The topological polar surface area (TPSA) is 121 Å². The van der Waals surface area contributed by atoms with Gasteiger partial charge in [-0.25, -0.2) is 9.18 Å². The summed E-state index contributed by atoms with van der Waals surface area (Å²) in [7, 11) is 0. The van der Waals surface area contributed by atoms with Crippen molar-refractivity contribution in [3.63, 3.8) is 0 Å². The lowest BCUT2D eigenvalue weighted by molar-refractivity contribution is -0.137. The molecule has 9 heteroatoms. The van der Waals surface area contributed by atoms with Gasteiger partial charge in [0.1, 0.15) is 11.6 Å². The molecule has 2 amide bonds. The number of carbonyl (C=O) groups excluding carboxylic acids is 1. The number of hydrogen-bond donors (Lipinski definition) is 4. The van der Waals surface area contributed by atoms with Gasteiger partial charge in [-0.15, -0.1) is 0 Å². The predicted molar refractivity (Wildman–Crippen MR) is 126 cm³/mol. The SMILES string of the molecule is Cc1ccc([C@H](CC(=O)O)NC(=O)Nc2c(O)c(C)cn(Cc3cc(F)ccc3C)c2=O)cc1. The van der Waals surface area contributed by atoms with Crippen LogP contribution in [0.2, 0.25) is 0 Å². The quantitative estimate of drug-likeness (QED) is 0.419. The summed E-state index contributed by atoms with van der Waals surface area (Å²) in [6, 6.07) is 9.55. The molecule has 3 rings (SSSR count). The minimum absolute atomic E-state index is 0.0326. The number of aryl methyl sites for hydroxylation is 3. The summed E-state index contributed by atoms with van der Waals surface area (Å²) in [6.07, 6.45) is 1.05. The van der Waals surface area contributed by atoms with Crippen molar-refractivity contribution >= 4 is 17.7 Å². The number of aromatic nitrogens is 1. The van der Waals surface area contributed by atoms with Crippen LogP contribution in [0.1, 0.15) is 40.3 Å². The third-order valence-corrected chi connectivity index (χ3v) is 5.49. The highest BCUT2D eigenvalue weighted by Gasteiger charge is 2.21. The van der Waals surface area contributed by atoms with Crippen LogP contribution < -0.4 is 16.2 Å². The van der Waals surface area contributed by atoms with Gasteiger partial charge in [0.2, 0.25) is 0 Å². The van der Waals surface area contributed by atoms with Crippen LogP contribution in [0.4, 0.5) is 14.9 Å². The molecule has 0 saturated carbocycles. The Morgan fingerprint density at radius 1 is 1.06 bits per heavy atom. The van der Waals surface area contributed by atoms with Crippen molar-refractivity contribution in [3.05, 3.63) is 92.6 Å². The van der Waals surface area contributed by atoms with Gasteiger partial charge in [-0.1, -0.05) is 35.9 Å². The van der Waals surface area contributed by atoms with E-state index >= 15 is 0 Å². The highest BCUT2D eigenvalue weighted by atomic mass is 19.1. The Morgan fingerprint density at radius 2 is 1.74 bits per heavy atom. The molecule has 2 aromatic carbocycles. The lowest BCUT2D eigenvalue weighted by Crippen LogP contribution is -2.36. The molecule has 0 bridgehead atoms. The van der Waals surface area contributed by atoms with Crippen LogP contribution >= 0.6 is 0 Å². The summed E-state index contributed by atoms with van der Waals surface area (Å²) in [5, 5.41) is 24.6. The molecule has 0 radical (unpaired) electrons. The molecule has 3 aromatic rings. The number of pyridine rings is 1. The summed E-state index contributed by atoms with van der Waals surface area (Å²) in [5.41, 5.74) is 2.18. The Balaban J connectivity index is 1.88. The first-order valence-electron chi connectivity index (χ1n) is 10.6.